The number of nitrogens with zero attached hydrogens (tertiary/aromatic N) is 3. The zero-order chi connectivity index (χ0) is 19.3. The molecule has 1 aliphatic heterocycles. The molecular weight excluding hydrogens is 420 g/mol. The van der Waals surface area contributed by atoms with Crippen LogP contribution < -0.4 is 10.2 Å². The third-order valence-electron chi connectivity index (χ3n) is 4.82. The van der Waals surface area contributed by atoms with Crippen molar-refractivity contribution in [2.24, 2.45) is 0 Å². The summed E-state index contributed by atoms with van der Waals surface area (Å²) in [6, 6.07) is 16.9. The fourth-order valence-electron chi connectivity index (χ4n) is 3.30. The Hall–Kier alpha value is -2.67. The van der Waals surface area contributed by atoms with Gasteiger partial charge in [-0.05, 0) is 49.1 Å². The van der Waals surface area contributed by atoms with E-state index in [4.69, 9.17) is 4.42 Å². The summed E-state index contributed by atoms with van der Waals surface area (Å²) in [6.07, 6.45) is 3.48. The number of piperidine rings is 1. The molecule has 0 saturated carbocycles. The lowest BCUT2D eigenvalue weighted by atomic mass is 10.1. The highest BCUT2D eigenvalue weighted by Crippen LogP contribution is 2.26. The van der Waals surface area contributed by atoms with Gasteiger partial charge in [-0.15, -0.1) is 5.10 Å². The van der Waals surface area contributed by atoms with E-state index in [1.54, 1.807) is 12.1 Å². The Morgan fingerprint density at radius 1 is 1.00 bits per heavy atom. The van der Waals surface area contributed by atoms with Gasteiger partial charge in [0.15, 0.2) is 0 Å². The number of nitrogens with one attached hydrogen (secondary N) is 1. The van der Waals surface area contributed by atoms with Crippen LogP contribution in [0.5, 0.6) is 0 Å². The molecule has 28 heavy (non-hydrogen) atoms. The first-order valence-corrected chi connectivity index (χ1v) is 10.2. The molecule has 2 heterocycles. The van der Waals surface area contributed by atoms with Crippen LogP contribution in [0.4, 0.5) is 6.01 Å². The predicted octanol–water partition coefficient (Wildman–Crippen LogP) is 4.34. The highest BCUT2D eigenvalue weighted by molar-refractivity contribution is 9.10. The number of hydrogen-bond donors (Lipinski definition) is 1. The van der Waals surface area contributed by atoms with E-state index in [0.717, 1.165) is 36.0 Å². The number of carbonyl (C=O) groups is 1. The van der Waals surface area contributed by atoms with E-state index in [1.807, 2.05) is 42.5 Å². The van der Waals surface area contributed by atoms with E-state index in [-0.39, 0.29) is 5.91 Å². The van der Waals surface area contributed by atoms with Gasteiger partial charge in [-0.1, -0.05) is 51.4 Å². The first-order chi connectivity index (χ1) is 13.7. The Morgan fingerprint density at radius 2 is 1.71 bits per heavy atom. The zero-order valence-corrected chi connectivity index (χ0v) is 16.9. The second-order valence-electron chi connectivity index (χ2n) is 6.79. The highest BCUT2D eigenvalue weighted by atomic mass is 79.9. The van der Waals surface area contributed by atoms with Gasteiger partial charge in [-0.3, -0.25) is 4.79 Å². The Morgan fingerprint density at radius 3 is 2.43 bits per heavy atom. The molecule has 7 heteroatoms. The van der Waals surface area contributed by atoms with Crippen LogP contribution in [0.15, 0.2) is 63.5 Å². The van der Waals surface area contributed by atoms with E-state index in [2.05, 4.69) is 36.3 Å². The van der Waals surface area contributed by atoms with Gasteiger partial charge in [-0.2, -0.15) is 0 Å². The van der Waals surface area contributed by atoms with Gasteiger partial charge in [0.05, 0.1) is 0 Å². The molecule has 1 saturated heterocycles. The maximum Gasteiger partial charge on any atom is 0.318 e. The van der Waals surface area contributed by atoms with Gasteiger partial charge in [0.1, 0.15) is 6.04 Å². The monoisotopic (exact) mass is 440 g/mol. The first kappa shape index (κ1) is 18.7. The third kappa shape index (κ3) is 4.25. The standard InChI is InChI=1S/C21H21BrN4O2/c22-17-11-9-16(10-12-17)19(27)23-18(15-7-3-1-4-8-15)20-24-25-21(28-20)26-13-5-2-6-14-26/h1,3-4,7-12,18H,2,5-6,13-14H2,(H,23,27)/t18-/m1/s1. The van der Waals surface area contributed by atoms with Crippen molar-refractivity contribution in [1.82, 2.24) is 15.5 Å². The van der Waals surface area contributed by atoms with Crippen LogP contribution >= 0.6 is 15.9 Å². The first-order valence-electron chi connectivity index (χ1n) is 9.40. The van der Waals surface area contributed by atoms with Gasteiger partial charge in [0.2, 0.25) is 5.89 Å². The van der Waals surface area contributed by atoms with Crippen LogP contribution in [-0.2, 0) is 0 Å². The lowest BCUT2D eigenvalue weighted by molar-refractivity contribution is 0.0938. The van der Waals surface area contributed by atoms with Crippen LogP contribution in [0.2, 0.25) is 0 Å². The third-order valence-corrected chi connectivity index (χ3v) is 5.35. The topological polar surface area (TPSA) is 71.3 Å². The lowest BCUT2D eigenvalue weighted by Crippen LogP contribution is -2.30. The molecule has 4 rings (SSSR count). The number of benzene rings is 2. The van der Waals surface area contributed by atoms with E-state index in [9.17, 15) is 4.79 Å². The molecule has 1 N–H and O–H groups in total. The van der Waals surface area contributed by atoms with Crippen LogP contribution in [0, 0.1) is 0 Å². The Labute approximate surface area is 172 Å². The molecule has 144 valence electrons. The SMILES string of the molecule is O=C(N[C@H](c1ccccc1)c1nnc(N2CCCCC2)o1)c1ccc(Br)cc1. The van der Waals surface area contributed by atoms with Crippen molar-refractivity contribution >= 4 is 27.9 Å². The van der Waals surface area contributed by atoms with Crippen molar-refractivity contribution in [3.8, 4) is 0 Å². The zero-order valence-electron chi connectivity index (χ0n) is 15.3. The minimum Gasteiger partial charge on any atom is -0.405 e. The summed E-state index contributed by atoms with van der Waals surface area (Å²) in [4.78, 5) is 14.9. The molecular formula is C21H21BrN4O2. The molecule has 1 aromatic heterocycles. The molecule has 1 fully saturated rings. The maximum absolute atomic E-state index is 12.8. The quantitative estimate of drug-likeness (QED) is 0.638. The molecule has 0 aliphatic carbocycles. The fourth-order valence-corrected chi connectivity index (χ4v) is 3.57. The van der Waals surface area contributed by atoms with E-state index in [0.29, 0.717) is 17.5 Å². The number of aromatic nitrogens is 2. The smallest absolute Gasteiger partial charge is 0.318 e. The van der Waals surface area contributed by atoms with Crippen molar-refractivity contribution in [3.05, 3.63) is 76.1 Å². The number of halogens is 1. The highest BCUT2D eigenvalue weighted by Gasteiger charge is 2.25. The summed E-state index contributed by atoms with van der Waals surface area (Å²) in [5, 5.41) is 11.5. The summed E-state index contributed by atoms with van der Waals surface area (Å²) in [5.74, 6) is 0.191. The predicted molar refractivity (Wildman–Crippen MR) is 110 cm³/mol. The molecule has 0 bridgehead atoms. The molecule has 1 aliphatic rings. The average molecular weight is 441 g/mol. The van der Waals surface area contributed by atoms with Crippen molar-refractivity contribution in [1.29, 1.82) is 0 Å². The van der Waals surface area contributed by atoms with Crippen molar-refractivity contribution in [3.63, 3.8) is 0 Å². The van der Waals surface area contributed by atoms with Crippen molar-refractivity contribution in [2.75, 3.05) is 18.0 Å². The summed E-state index contributed by atoms with van der Waals surface area (Å²) < 4.78 is 6.90. The fraction of sp³-hybridized carbons (Fsp3) is 0.286. The van der Waals surface area contributed by atoms with Gasteiger partial charge in [0, 0.05) is 23.1 Å². The molecule has 6 nitrogen and oxygen atoms in total. The minimum atomic E-state index is -0.511. The molecule has 1 atom stereocenters. The van der Waals surface area contributed by atoms with Gasteiger partial charge in [-0.25, -0.2) is 0 Å². The summed E-state index contributed by atoms with van der Waals surface area (Å²) in [5.41, 5.74) is 1.46. The molecule has 3 aromatic rings. The van der Waals surface area contributed by atoms with E-state index in [1.165, 1.54) is 6.42 Å². The Balaban J connectivity index is 1.60. The number of carbonyl (C=O) groups excluding carboxylic acids is 1. The van der Waals surface area contributed by atoms with Gasteiger partial charge in [0.25, 0.3) is 5.91 Å². The largest absolute Gasteiger partial charge is 0.405 e. The summed E-state index contributed by atoms with van der Waals surface area (Å²) >= 11 is 3.39. The van der Waals surface area contributed by atoms with E-state index >= 15 is 0 Å². The number of amides is 1. The molecule has 0 radical (unpaired) electrons. The van der Waals surface area contributed by atoms with Crippen LogP contribution in [0.3, 0.4) is 0 Å². The van der Waals surface area contributed by atoms with Crippen LogP contribution in [-0.4, -0.2) is 29.2 Å². The molecule has 0 spiro atoms. The summed E-state index contributed by atoms with van der Waals surface area (Å²) in [7, 11) is 0. The Bertz CT molecular complexity index is 921. The number of hydrogen-bond acceptors (Lipinski definition) is 5. The lowest BCUT2D eigenvalue weighted by Gasteiger charge is -2.24. The Kier molecular flexibility index (Phi) is 5.71. The van der Waals surface area contributed by atoms with Crippen LogP contribution in [0.25, 0.3) is 0 Å². The van der Waals surface area contributed by atoms with Crippen molar-refractivity contribution in [2.45, 2.75) is 25.3 Å². The van der Waals surface area contributed by atoms with Crippen molar-refractivity contribution < 1.29 is 9.21 Å². The molecule has 0 unspecified atom stereocenters. The maximum atomic E-state index is 12.8. The van der Waals surface area contributed by atoms with Gasteiger partial charge < -0.3 is 14.6 Å². The van der Waals surface area contributed by atoms with Gasteiger partial charge >= 0.3 is 6.01 Å². The molecule has 2 aromatic carbocycles. The molecule has 1 amide bonds. The van der Waals surface area contributed by atoms with Crippen LogP contribution in [0.1, 0.15) is 47.1 Å². The normalized spacial score (nSPS) is 15.2. The second kappa shape index (κ2) is 8.56. The van der Waals surface area contributed by atoms with E-state index < -0.39 is 6.04 Å². The average Bonchev–Trinajstić information content (AvgIpc) is 3.23. The number of rotatable bonds is 5. The number of anilines is 1. The summed E-state index contributed by atoms with van der Waals surface area (Å²) in [6.45, 7) is 1.84. The minimum absolute atomic E-state index is 0.195. The second-order valence-corrected chi connectivity index (χ2v) is 7.71.